The van der Waals surface area contributed by atoms with Gasteiger partial charge in [0.05, 0.1) is 13.2 Å². The Kier molecular flexibility index (Phi) is 2.40. The second-order valence-corrected chi connectivity index (χ2v) is 2.00. The molecule has 0 spiro atoms. The first-order valence-electron chi connectivity index (χ1n) is 3.12. The van der Waals surface area contributed by atoms with Crippen molar-refractivity contribution in [3.05, 3.63) is 23.5 Å². The molecule has 1 aliphatic rings. The van der Waals surface area contributed by atoms with Crippen LogP contribution < -0.4 is 0 Å². The van der Waals surface area contributed by atoms with E-state index in [-0.39, 0.29) is 19.0 Å². The summed E-state index contributed by atoms with van der Waals surface area (Å²) in [5, 5.41) is 17.1. The summed E-state index contributed by atoms with van der Waals surface area (Å²) in [6.45, 7) is -0.461. The number of hydrogen-bond donors (Lipinski definition) is 2. The van der Waals surface area contributed by atoms with E-state index in [1.165, 1.54) is 12.2 Å². The molecule has 0 radical (unpaired) electrons. The molecule has 4 heteroatoms. The van der Waals surface area contributed by atoms with Crippen molar-refractivity contribution in [1.29, 1.82) is 0 Å². The van der Waals surface area contributed by atoms with Crippen LogP contribution in [0.1, 0.15) is 0 Å². The van der Waals surface area contributed by atoms with Crippen molar-refractivity contribution in [2.75, 3.05) is 13.2 Å². The third-order valence-electron chi connectivity index (χ3n) is 1.27. The molecule has 0 bridgehead atoms. The number of aliphatic hydroxyl groups is 2. The van der Waals surface area contributed by atoms with Gasteiger partial charge in [0, 0.05) is 11.6 Å². The summed E-state index contributed by atoms with van der Waals surface area (Å²) in [4.78, 5) is 10.6. The first kappa shape index (κ1) is 7.97. The van der Waals surface area contributed by atoms with Gasteiger partial charge in [-0.15, -0.1) is 0 Å². The summed E-state index contributed by atoms with van der Waals surface area (Å²) >= 11 is 0. The maximum Gasteiger partial charge on any atom is 0.336 e. The fraction of sp³-hybridized carbons (Fsp3) is 0.286. The molecule has 0 aromatic carbocycles. The van der Waals surface area contributed by atoms with Crippen molar-refractivity contribution in [2.24, 2.45) is 0 Å². The molecule has 0 aromatic heterocycles. The van der Waals surface area contributed by atoms with Crippen molar-refractivity contribution in [3.8, 4) is 0 Å². The first-order valence-corrected chi connectivity index (χ1v) is 3.12. The van der Waals surface area contributed by atoms with Crippen LogP contribution >= 0.6 is 0 Å². The highest BCUT2D eigenvalue weighted by atomic mass is 16.5. The third kappa shape index (κ3) is 1.66. The number of esters is 1. The van der Waals surface area contributed by atoms with Gasteiger partial charge in [0.25, 0.3) is 0 Å². The summed E-state index contributed by atoms with van der Waals surface area (Å²) in [6.07, 6.45) is 2.52. The number of ether oxygens (including phenoxy) is 1. The molecule has 0 unspecified atom stereocenters. The van der Waals surface area contributed by atoms with Crippen molar-refractivity contribution < 1.29 is 19.7 Å². The molecule has 11 heavy (non-hydrogen) atoms. The van der Waals surface area contributed by atoms with Crippen molar-refractivity contribution in [1.82, 2.24) is 0 Å². The summed E-state index contributed by atoms with van der Waals surface area (Å²) in [5.41, 5.74) is 0.407. The Morgan fingerprint density at radius 1 is 1.55 bits per heavy atom. The molecular weight excluding hydrogens is 148 g/mol. The van der Waals surface area contributed by atoms with E-state index in [0.717, 1.165) is 0 Å². The third-order valence-corrected chi connectivity index (χ3v) is 1.27. The van der Waals surface area contributed by atoms with Crippen LogP contribution in [-0.2, 0) is 9.53 Å². The molecule has 0 atom stereocenters. The molecule has 1 heterocycles. The van der Waals surface area contributed by atoms with E-state index >= 15 is 0 Å². The standard InChI is InChI=1S/C7H8O4/c8-2-1-6-5(4-9)3-7(10)11-6/h1,3,8-9H,2,4H2/b6-1+. The van der Waals surface area contributed by atoms with Crippen LogP contribution in [0.3, 0.4) is 0 Å². The number of hydrogen-bond acceptors (Lipinski definition) is 4. The molecule has 2 N–H and O–H groups in total. The lowest BCUT2D eigenvalue weighted by Crippen LogP contribution is -1.94. The van der Waals surface area contributed by atoms with Gasteiger partial charge in [0.2, 0.25) is 0 Å². The summed E-state index contributed by atoms with van der Waals surface area (Å²) in [7, 11) is 0. The maximum absolute atomic E-state index is 10.6. The zero-order chi connectivity index (χ0) is 8.27. The SMILES string of the molecule is O=C1C=C(CO)/C(=C\CO)O1. The number of aliphatic hydroxyl groups excluding tert-OH is 2. The Hall–Kier alpha value is -1.13. The molecule has 0 saturated heterocycles. The van der Waals surface area contributed by atoms with Crippen LogP contribution in [0.5, 0.6) is 0 Å². The summed E-state index contributed by atoms with van der Waals surface area (Å²) < 4.78 is 4.61. The maximum atomic E-state index is 10.6. The second-order valence-electron chi connectivity index (χ2n) is 2.00. The zero-order valence-electron chi connectivity index (χ0n) is 5.78. The van der Waals surface area contributed by atoms with Gasteiger partial charge >= 0.3 is 5.97 Å². The minimum Gasteiger partial charge on any atom is -0.423 e. The van der Waals surface area contributed by atoms with Gasteiger partial charge in [0.15, 0.2) is 0 Å². The van der Waals surface area contributed by atoms with Gasteiger partial charge < -0.3 is 14.9 Å². The zero-order valence-corrected chi connectivity index (χ0v) is 5.78. The molecule has 0 fully saturated rings. The molecule has 4 nitrogen and oxygen atoms in total. The van der Waals surface area contributed by atoms with E-state index < -0.39 is 5.97 Å². The van der Waals surface area contributed by atoms with Gasteiger partial charge in [-0.25, -0.2) is 4.79 Å². The molecule has 0 aliphatic carbocycles. The minimum absolute atomic E-state index is 0.208. The van der Waals surface area contributed by atoms with Gasteiger partial charge in [0.1, 0.15) is 5.76 Å². The molecular formula is C7H8O4. The van der Waals surface area contributed by atoms with Crippen LogP contribution in [0, 0.1) is 0 Å². The highest BCUT2D eigenvalue weighted by molar-refractivity contribution is 5.88. The summed E-state index contributed by atoms with van der Waals surface area (Å²) in [6, 6.07) is 0. The van der Waals surface area contributed by atoms with Gasteiger partial charge in [-0.3, -0.25) is 0 Å². The minimum atomic E-state index is -0.506. The largest absolute Gasteiger partial charge is 0.423 e. The molecule has 0 saturated carbocycles. The van der Waals surface area contributed by atoms with E-state index in [0.29, 0.717) is 5.57 Å². The lowest BCUT2D eigenvalue weighted by Gasteiger charge is -1.98. The topological polar surface area (TPSA) is 66.8 Å². The van der Waals surface area contributed by atoms with Gasteiger partial charge in [-0.1, -0.05) is 0 Å². The fourth-order valence-electron chi connectivity index (χ4n) is 0.796. The van der Waals surface area contributed by atoms with E-state index in [9.17, 15) is 4.79 Å². The Bertz CT molecular complexity index is 227. The van der Waals surface area contributed by atoms with Gasteiger partial charge in [-0.05, 0) is 6.08 Å². The number of cyclic esters (lactones) is 1. The van der Waals surface area contributed by atoms with E-state index in [2.05, 4.69) is 4.74 Å². The highest BCUT2D eigenvalue weighted by Crippen LogP contribution is 2.17. The van der Waals surface area contributed by atoms with Crippen LogP contribution in [0.15, 0.2) is 23.5 Å². The Morgan fingerprint density at radius 2 is 2.27 bits per heavy atom. The first-order chi connectivity index (χ1) is 5.27. The van der Waals surface area contributed by atoms with Crippen LogP contribution in [0.2, 0.25) is 0 Å². The molecule has 1 rings (SSSR count). The average molecular weight is 156 g/mol. The summed E-state index contributed by atoms with van der Waals surface area (Å²) in [5.74, 6) is -0.256. The van der Waals surface area contributed by atoms with E-state index in [1.54, 1.807) is 0 Å². The second kappa shape index (κ2) is 3.32. The quantitative estimate of drug-likeness (QED) is 0.521. The normalized spacial score (nSPS) is 20.4. The van der Waals surface area contributed by atoms with E-state index in [4.69, 9.17) is 10.2 Å². The van der Waals surface area contributed by atoms with E-state index in [1.807, 2.05) is 0 Å². The van der Waals surface area contributed by atoms with Crippen molar-refractivity contribution in [3.63, 3.8) is 0 Å². The molecule has 0 aromatic rings. The fourth-order valence-corrected chi connectivity index (χ4v) is 0.796. The van der Waals surface area contributed by atoms with Gasteiger partial charge in [-0.2, -0.15) is 0 Å². The van der Waals surface area contributed by atoms with Crippen molar-refractivity contribution >= 4 is 5.97 Å². The van der Waals surface area contributed by atoms with Crippen LogP contribution in [-0.4, -0.2) is 29.4 Å². The smallest absolute Gasteiger partial charge is 0.336 e. The number of rotatable bonds is 2. The average Bonchev–Trinajstić information content (AvgIpc) is 2.32. The van der Waals surface area contributed by atoms with Crippen molar-refractivity contribution in [2.45, 2.75) is 0 Å². The Labute approximate surface area is 63.4 Å². The molecule has 1 aliphatic heterocycles. The predicted octanol–water partition coefficient (Wildman–Crippen LogP) is -0.662. The monoisotopic (exact) mass is 156 g/mol. The lowest BCUT2D eigenvalue weighted by molar-refractivity contribution is -0.132. The predicted molar refractivity (Wildman–Crippen MR) is 36.4 cm³/mol. The number of carbonyl (C=O) groups is 1. The molecule has 60 valence electrons. The number of carbonyl (C=O) groups excluding carboxylic acids is 1. The Balaban J connectivity index is 2.79. The highest BCUT2D eigenvalue weighted by Gasteiger charge is 2.18. The molecule has 0 amide bonds. The Morgan fingerprint density at radius 3 is 2.82 bits per heavy atom. The lowest BCUT2D eigenvalue weighted by atomic mass is 10.2. The van der Waals surface area contributed by atoms with Crippen LogP contribution in [0.25, 0.3) is 0 Å². The van der Waals surface area contributed by atoms with Crippen LogP contribution in [0.4, 0.5) is 0 Å².